The van der Waals surface area contributed by atoms with E-state index in [9.17, 15) is 0 Å². The van der Waals surface area contributed by atoms with Gasteiger partial charge in [0.15, 0.2) is 47.3 Å². The molecular weight excluding hydrogens is 468 g/mol. The fraction of sp³-hybridized carbons (Fsp3) is 0. The van der Waals surface area contributed by atoms with Crippen molar-refractivity contribution in [1.29, 1.82) is 0 Å². The van der Waals surface area contributed by atoms with Gasteiger partial charge in [-0.2, -0.15) is 15.0 Å². The molecule has 1 N–H and O–H groups in total. The van der Waals surface area contributed by atoms with Crippen molar-refractivity contribution >= 4 is 67.1 Å². The van der Waals surface area contributed by atoms with Crippen molar-refractivity contribution in [3.63, 3.8) is 0 Å². The normalized spacial score (nSPS) is 12.4. The largest absolute Gasteiger partial charge is 0.443 e. The number of aromatic nitrogens is 8. The zero-order valence-corrected chi connectivity index (χ0v) is 17.7. The molecule has 0 fully saturated rings. The van der Waals surface area contributed by atoms with Crippen LogP contribution in [0.15, 0.2) is 65.7 Å². The van der Waals surface area contributed by atoms with Crippen LogP contribution in [0.1, 0.15) is 0 Å². The molecule has 0 unspecified atom stereocenters. The molecule has 13 nitrogen and oxygen atoms in total. The van der Waals surface area contributed by atoms with Crippen molar-refractivity contribution in [2.45, 2.75) is 0 Å². The maximum absolute atomic E-state index is 6.13. The van der Waals surface area contributed by atoms with Crippen LogP contribution in [-0.2, 0) is 0 Å². The standard InChI is InChI=1S/C23H8N8O5/c1-2-24-19-8(1)28-9-3-12(36-21(9)30-19)22-29-16-11(35-22)4-10-15(25-5-32-10)13(16)14-17-23(34-6-26-17)31-20-18(14)33-7-27-20/h1-7H,(H,24,30). The maximum atomic E-state index is 6.13. The second-order valence-corrected chi connectivity index (χ2v) is 8.05. The lowest BCUT2D eigenvalue weighted by molar-refractivity contribution is 0.554. The molecule has 0 radical (unpaired) electrons. The third-order valence-electron chi connectivity index (χ3n) is 6.07. The molecule has 0 bridgehead atoms. The summed E-state index contributed by atoms with van der Waals surface area (Å²) in [7, 11) is 0. The Bertz CT molecular complexity index is 2200. The quantitative estimate of drug-likeness (QED) is 0.354. The smallest absolute Gasteiger partial charge is 0.264 e. The van der Waals surface area contributed by atoms with Gasteiger partial charge in [-0.3, -0.25) is 0 Å². The van der Waals surface area contributed by atoms with Gasteiger partial charge in [0.2, 0.25) is 17.1 Å². The Balaban J connectivity index is 1.37. The number of fused-ring (bicyclic) bond motifs is 6. The summed E-state index contributed by atoms with van der Waals surface area (Å²) in [6.45, 7) is 0. The van der Waals surface area contributed by atoms with Gasteiger partial charge >= 0.3 is 0 Å². The predicted octanol–water partition coefficient (Wildman–Crippen LogP) is 5.00. The monoisotopic (exact) mass is 476 g/mol. The van der Waals surface area contributed by atoms with E-state index in [1.54, 1.807) is 18.3 Å². The molecule has 0 saturated carbocycles. The zero-order chi connectivity index (χ0) is 23.4. The van der Waals surface area contributed by atoms with Crippen LogP contribution in [0, 0.1) is 0 Å². The predicted molar refractivity (Wildman–Crippen MR) is 123 cm³/mol. The first kappa shape index (κ1) is 17.8. The van der Waals surface area contributed by atoms with Crippen LogP contribution in [0.2, 0.25) is 0 Å². The third-order valence-corrected chi connectivity index (χ3v) is 6.07. The summed E-state index contributed by atoms with van der Waals surface area (Å²) in [6, 6.07) is 5.29. The fourth-order valence-electron chi connectivity index (χ4n) is 4.55. The van der Waals surface area contributed by atoms with E-state index in [0.29, 0.717) is 78.4 Å². The number of H-pyrrole nitrogens is 1. The van der Waals surface area contributed by atoms with Gasteiger partial charge in [-0.25, -0.2) is 19.9 Å². The number of nitrogens with one attached hydrogen (secondary N) is 1. The molecule has 0 amide bonds. The molecule has 0 atom stereocenters. The molecule has 0 spiro atoms. The van der Waals surface area contributed by atoms with Gasteiger partial charge in [-0.1, -0.05) is 0 Å². The first-order chi connectivity index (χ1) is 17.8. The van der Waals surface area contributed by atoms with E-state index in [-0.39, 0.29) is 5.89 Å². The lowest BCUT2D eigenvalue weighted by Gasteiger charge is -2.04. The maximum Gasteiger partial charge on any atom is 0.264 e. The molecule has 8 aromatic heterocycles. The zero-order valence-electron chi connectivity index (χ0n) is 17.7. The molecule has 170 valence electrons. The molecule has 36 heavy (non-hydrogen) atoms. The molecule has 1 aromatic carbocycles. The molecule has 0 aliphatic rings. The Morgan fingerprint density at radius 1 is 0.667 bits per heavy atom. The topological polar surface area (TPSA) is 172 Å². The molecule has 8 heterocycles. The summed E-state index contributed by atoms with van der Waals surface area (Å²) in [4.78, 5) is 34.2. The van der Waals surface area contributed by atoms with Crippen molar-refractivity contribution in [3.8, 4) is 22.8 Å². The highest BCUT2D eigenvalue weighted by Crippen LogP contribution is 2.43. The van der Waals surface area contributed by atoms with Crippen LogP contribution in [0.3, 0.4) is 0 Å². The molecule has 0 aliphatic carbocycles. The van der Waals surface area contributed by atoms with Gasteiger partial charge in [0, 0.05) is 23.9 Å². The summed E-state index contributed by atoms with van der Waals surface area (Å²) in [6.07, 6.45) is 5.74. The van der Waals surface area contributed by atoms with E-state index in [4.69, 9.17) is 27.1 Å². The molecule has 9 rings (SSSR count). The number of aromatic amines is 1. The molecule has 0 aliphatic heterocycles. The molecular formula is C23H8N8O5. The first-order valence-corrected chi connectivity index (χ1v) is 10.7. The van der Waals surface area contributed by atoms with Gasteiger partial charge in [0.25, 0.3) is 5.89 Å². The number of oxazole rings is 4. The van der Waals surface area contributed by atoms with Crippen LogP contribution < -0.4 is 0 Å². The van der Waals surface area contributed by atoms with Crippen LogP contribution in [0.5, 0.6) is 0 Å². The van der Waals surface area contributed by atoms with E-state index in [1.807, 2.05) is 6.07 Å². The van der Waals surface area contributed by atoms with E-state index in [0.717, 1.165) is 5.52 Å². The van der Waals surface area contributed by atoms with Crippen molar-refractivity contribution in [1.82, 2.24) is 39.9 Å². The van der Waals surface area contributed by atoms with Crippen LogP contribution in [-0.4, -0.2) is 39.9 Å². The van der Waals surface area contributed by atoms with Crippen LogP contribution in [0.4, 0.5) is 0 Å². The molecule has 13 heteroatoms. The van der Waals surface area contributed by atoms with Gasteiger partial charge in [0.1, 0.15) is 27.6 Å². The number of benzene rings is 1. The molecule has 0 saturated heterocycles. The third kappa shape index (κ3) is 2.20. The van der Waals surface area contributed by atoms with Crippen molar-refractivity contribution in [3.05, 3.63) is 43.6 Å². The Labute approximate surface area is 195 Å². The van der Waals surface area contributed by atoms with E-state index in [1.165, 1.54) is 19.2 Å². The number of rotatable bonds is 2. The summed E-state index contributed by atoms with van der Waals surface area (Å²) >= 11 is 0. The first-order valence-electron chi connectivity index (χ1n) is 10.7. The average Bonchev–Trinajstić information content (AvgIpc) is 3.71. The minimum atomic E-state index is 0.238. The Kier molecular flexibility index (Phi) is 3.02. The van der Waals surface area contributed by atoms with Crippen molar-refractivity contribution in [2.24, 2.45) is 0 Å². The lowest BCUT2D eigenvalue weighted by atomic mass is 10.0. The average molecular weight is 476 g/mol. The number of nitrogens with zero attached hydrogens (tertiary/aromatic N) is 7. The van der Waals surface area contributed by atoms with Gasteiger partial charge < -0.3 is 27.1 Å². The SMILES string of the molecule is c1cc2nc3cc(-c4nc5c(-c6c7ncoc7nc7ncoc67)c6ncoc6cc5o4)oc3nc2[nH]1. The van der Waals surface area contributed by atoms with E-state index in [2.05, 4.69) is 34.9 Å². The second-order valence-electron chi connectivity index (χ2n) is 8.05. The van der Waals surface area contributed by atoms with E-state index < -0.39 is 0 Å². The minimum Gasteiger partial charge on any atom is -0.443 e. The lowest BCUT2D eigenvalue weighted by Crippen LogP contribution is -1.89. The van der Waals surface area contributed by atoms with Gasteiger partial charge in [0.05, 0.1) is 5.56 Å². The number of furan rings is 1. The van der Waals surface area contributed by atoms with Crippen LogP contribution in [0.25, 0.3) is 89.8 Å². The van der Waals surface area contributed by atoms with Gasteiger partial charge in [-0.05, 0) is 6.07 Å². The minimum absolute atomic E-state index is 0.238. The highest BCUT2D eigenvalue weighted by atomic mass is 16.4. The highest BCUT2D eigenvalue weighted by Gasteiger charge is 2.27. The Morgan fingerprint density at radius 3 is 2.58 bits per heavy atom. The molecule has 9 aromatic rings. The summed E-state index contributed by atoms with van der Waals surface area (Å²) < 4.78 is 28.9. The van der Waals surface area contributed by atoms with Crippen molar-refractivity contribution < 1.29 is 22.1 Å². The second kappa shape index (κ2) is 6.09. The van der Waals surface area contributed by atoms with Gasteiger partial charge in [-0.15, -0.1) is 0 Å². The fourth-order valence-corrected chi connectivity index (χ4v) is 4.55. The Morgan fingerprint density at radius 2 is 1.58 bits per heavy atom. The summed E-state index contributed by atoms with van der Waals surface area (Å²) in [5, 5.41) is 0. The number of pyridine rings is 1. The van der Waals surface area contributed by atoms with Crippen LogP contribution >= 0.6 is 0 Å². The number of hydrogen-bond donors (Lipinski definition) is 1. The summed E-state index contributed by atoms with van der Waals surface area (Å²) in [5.74, 6) is 0.608. The number of hydrogen-bond acceptors (Lipinski definition) is 12. The Hall–Kier alpha value is -5.59. The van der Waals surface area contributed by atoms with Crippen molar-refractivity contribution in [2.75, 3.05) is 0 Å². The summed E-state index contributed by atoms with van der Waals surface area (Å²) in [5.41, 5.74) is 6.93. The van der Waals surface area contributed by atoms with E-state index >= 15 is 0 Å². The highest BCUT2D eigenvalue weighted by molar-refractivity contribution is 6.16.